The molecule has 1 amide bonds. The number of benzene rings is 1. The van der Waals surface area contributed by atoms with Crippen LogP contribution in [0.4, 0.5) is 11.4 Å². The molecule has 0 unspecified atom stereocenters. The predicted molar refractivity (Wildman–Crippen MR) is 75.2 cm³/mol. The molecule has 19 heavy (non-hydrogen) atoms. The standard InChI is InChI=1S/C12H11N5OS/c1-17-11(8(13)5-15-17)12(18)16-7-2-3-9-10(4-7)19-6-14-9/h2-6H,13H2,1H3,(H,16,18). The summed E-state index contributed by atoms with van der Waals surface area (Å²) in [6, 6.07) is 5.57. The number of nitrogen functional groups attached to an aromatic ring is 1. The summed E-state index contributed by atoms with van der Waals surface area (Å²) in [4.78, 5) is 16.3. The fourth-order valence-electron chi connectivity index (χ4n) is 1.86. The number of anilines is 2. The van der Waals surface area contributed by atoms with E-state index in [1.165, 1.54) is 22.2 Å². The smallest absolute Gasteiger partial charge is 0.276 e. The molecule has 0 atom stereocenters. The van der Waals surface area contributed by atoms with Crippen molar-refractivity contribution in [1.29, 1.82) is 0 Å². The van der Waals surface area contributed by atoms with Gasteiger partial charge in [-0.2, -0.15) is 5.10 Å². The molecule has 0 bridgehead atoms. The minimum atomic E-state index is -0.277. The molecule has 0 saturated carbocycles. The number of nitrogens with two attached hydrogens (primary N) is 1. The number of nitrogens with zero attached hydrogens (tertiary/aromatic N) is 3. The van der Waals surface area contributed by atoms with Crippen LogP contribution in [-0.2, 0) is 7.05 Å². The zero-order chi connectivity index (χ0) is 13.4. The number of aryl methyl sites for hydroxylation is 1. The summed E-state index contributed by atoms with van der Waals surface area (Å²) in [5.41, 5.74) is 9.83. The summed E-state index contributed by atoms with van der Waals surface area (Å²) in [6.07, 6.45) is 1.46. The number of hydrogen-bond acceptors (Lipinski definition) is 5. The number of nitrogens with one attached hydrogen (secondary N) is 1. The highest BCUT2D eigenvalue weighted by Crippen LogP contribution is 2.22. The van der Waals surface area contributed by atoms with Crippen LogP contribution in [0.2, 0.25) is 0 Å². The average molecular weight is 273 g/mol. The number of thiazole rings is 1. The number of amides is 1. The zero-order valence-corrected chi connectivity index (χ0v) is 10.9. The van der Waals surface area contributed by atoms with E-state index < -0.39 is 0 Å². The molecule has 0 aliphatic carbocycles. The van der Waals surface area contributed by atoms with Crippen molar-refractivity contribution in [3.8, 4) is 0 Å². The first-order chi connectivity index (χ1) is 9.15. The van der Waals surface area contributed by atoms with E-state index >= 15 is 0 Å². The maximum absolute atomic E-state index is 12.1. The number of fused-ring (bicyclic) bond motifs is 1. The van der Waals surface area contributed by atoms with Crippen molar-refractivity contribution in [3.05, 3.63) is 35.6 Å². The highest BCUT2D eigenvalue weighted by molar-refractivity contribution is 7.16. The molecule has 7 heteroatoms. The fourth-order valence-corrected chi connectivity index (χ4v) is 2.57. The molecule has 2 heterocycles. The Balaban J connectivity index is 1.90. The summed E-state index contributed by atoms with van der Waals surface area (Å²) in [7, 11) is 1.68. The number of carbonyl (C=O) groups is 1. The Morgan fingerprint density at radius 3 is 3.05 bits per heavy atom. The molecular formula is C12H11N5OS. The van der Waals surface area contributed by atoms with Gasteiger partial charge in [-0.05, 0) is 18.2 Å². The Bertz CT molecular complexity index is 741. The molecule has 0 spiro atoms. The highest BCUT2D eigenvalue weighted by Gasteiger charge is 2.15. The molecule has 0 aliphatic rings. The second-order valence-electron chi connectivity index (χ2n) is 4.06. The van der Waals surface area contributed by atoms with E-state index in [2.05, 4.69) is 15.4 Å². The van der Waals surface area contributed by atoms with E-state index in [1.807, 2.05) is 18.2 Å². The molecule has 0 saturated heterocycles. The van der Waals surface area contributed by atoms with Crippen LogP contribution < -0.4 is 11.1 Å². The summed E-state index contributed by atoms with van der Waals surface area (Å²) in [5, 5.41) is 6.75. The molecule has 3 N–H and O–H groups in total. The summed E-state index contributed by atoms with van der Waals surface area (Å²) in [6.45, 7) is 0. The third-order valence-corrected chi connectivity index (χ3v) is 3.56. The molecule has 1 aromatic carbocycles. The Labute approximate surface area is 112 Å². The highest BCUT2D eigenvalue weighted by atomic mass is 32.1. The topological polar surface area (TPSA) is 85.8 Å². The van der Waals surface area contributed by atoms with E-state index in [4.69, 9.17) is 5.73 Å². The molecule has 2 aromatic heterocycles. The van der Waals surface area contributed by atoms with Crippen molar-refractivity contribution < 1.29 is 4.79 Å². The fraction of sp³-hybridized carbons (Fsp3) is 0.0833. The quantitative estimate of drug-likeness (QED) is 0.746. The lowest BCUT2D eigenvalue weighted by Crippen LogP contribution is -2.17. The van der Waals surface area contributed by atoms with Crippen LogP contribution >= 0.6 is 11.3 Å². The molecule has 0 radical (unpaired) electrons. The molecule has 0 fully saturated rings. The van der Waals surface area contributed by atoms with Crippen LogP contribution in [0.25, 0.3) is 10.2 Å². The third kappa shape index (κ3) is 2.04. The van der Waals surface area contributed by atoms with Gasteiger partial charge in [0.15, 0.2) is 0 Å². The van der Waals surface area contributed by atoms with Crippen molar-refractivity contribution in [2.24, 2.45) is 7.05 Å². The number of carbonyl (C=O) groups excluding carboxylic acids is 1. The van der Waals surface area contributed by atoms with Gasteiger partial charge in [0, 0.05) is 12.7 Å². The first kappa shape index (κ1) is 11.7. The lowest BCUT2D eigenvalue weighted by atomic mass is 10.2. The van der Waals surface area contributed by atoms with E-state index in [-0.39, 0.29) is 5.91 Å². The molecule has 0 aliphatic heterocycles. The van der Waals surface area contributed by atoms with Gasteiger partial charge in [-0.3, -0.25) is 9.48 Å². The largest absolute Gasteiger partial charge is 0.396 e. The first-order valence-electron chi connectivity index (χ1n) is 5.57. The lowest BCUT2D eigenvalue weighted by molar-refractivity contribution is 0.101. The van der Waals surface area contributed by atoms with E-state index in [1.54, 1.807) is 12.6 Å². The third-order valence-electron chi connectivity index (χ3n) is 2.77. The molecule has 3 rings (SSSR count). The van der Waals surface area contributed by atoms with Gasteiger partial charge in [-0.25, -0.2) is 4.98 Å². The first-order valence-corrected chi connectivity index (χ1v) is 6.45. The van der Waals surface area contributed by atoms with Crippen LogP contribution in [-0.4, -0.2) is 20.7 Å². The van der Waals surface area contributed by atoms with Crippen molar-refractivity contribution in [1.82, 2.24) is 14.8 Å². The van der Waals surface area contributed by atoms with Gasteiger partial charge >= 0.3 is 0 Å². The van der Waals surface area contributed by atoms with Gasteiger partial charge in [0.1, 0.15) is 5.69 Å². The number of hydrogen-bond donors (Lipinski definition) is 2. The molecule has 6 nitrogen and oxygen atoms in total. The van der Waals surface area contributed by atoms with E-state index in [0.717, 1.165) is 10.2 Å². The van der Waals surface area contributed by atoms with Crippen molar-refractivity contribution >= 4 is 38.8 Å². The maximum atomic E-state index is 12.1. The summed E-state index contributed by atoms with van der Waals surface area (Å²) in [5.74, 6) is -0.277. The lowest BCUT2D eigenvalue weighted by Gasteiger charge is -2.06. The molecular weight excluding hydrogens is 262 g/mol. The second kappa shape index (κ2) is 4.36. The predicted octanol–water partition coefficient (Wildman–Crippen LogP) is 1.86. The van der Waals surface area contributed by atoms with E-state index in [0.29, 0.717) is 17.1 Å². The van der Waals surface area contributed by atoms with Crippen molar-refractivity contribution in [2.75, 3.05) is 11.1 Å². The van der Waals surface area contributed by atoms with Crippen molar-refractivity contribution in [2.45, 2.75) is 0 Å². The van der Waals surface area contributed by atoms with Gasteiger partial charge in [0.05, 0.1) is 27.6 Å². The monoisotopic (exact) mass is 273 g/mol. The van der Waals surface area contributed by atoms with Crippen molar-refractivity contribution in [3.63, 3.8) is 0 Å². The Kier molecular flexibility index (Phi) is 2.68. The van der Waals surface area contributed by atoms with Crippen LogP contribution in [0, 0.1) is 0 Å². The second-order valence-corrected chi connectivity index (χ2v) is 4.95. The minimum absolute atomic E-state index is 0.277. The zero-order valence-electron chi connectivity index (χ0n) is 10.1. The van der Waals surface area contributed by atoms with Crippen LogP contribution in [0.5, 0.6) is 0 Å². The van der Waals surface area contributed by atoms with Crippen LogP contribution in [0.3, 0.4) is 0 Å². The minimum Gasteiger partial charge on any atom is -0.396 e. The average Bonchev–Trinajstić information content (AvgIpc) is 2.95. The Morgan fingerprint density at radius 1 is 1.47 bits per heavy atom. The molecule has 3 aromatic rings. The molecule has 96 valence electrons. The van der Waals surface area contributed by atoms with Gasteiger partial charge < -0.3 is 11.1 Å². The number of rotatable bonds is 2. The normalized spacial score (nSPS) is 10.8. The van der Waals surface area contributed by atoms with Crippen LogP contribution in [0.15, 0.2) is 29.9 Å². The van der Waals surface area contributed by atoms with Gasteiger partial charge in [-0.1, -0.05) is 0 Å². The maximum Gasteiger partial charge on any atom is 0.276 e. The van der Waals surface area contributed by atoms with E-state index in [9.17, 15) is 4.79 Å². The Hall–Kier alpha value is -2.41. The number of aromatic nitrogens is 3. The van der Waals surface area contributed by atoms with Gasteiger partial charge in [0.25, 0.3) is 5.91 Å². The van der Waals surface area contributed by atoms with Crippen LogP contribution in [0.1, 0.15) is 10.5 Å². The van der Waals surface area contributed by atoms with Gasteiger partial charge in [0.2, 0.25) is 0 Å². The SMILES string of the molecule is Cn1ncc(N)c1C(=O)Nc1ccc2ncsc2c1. The Morgan fingerprint density at radius 2 is 2.32 bits per heavy atom. The summed E-state index contributed by atoms with van der Waals surface area (Å²) < 4.78 is 2.48. The van der Waals surface area contributed by atoms with Gasteiger partial charge in [-0.15, -0.1) is 11.3 Å². The summed E-state index contributed by atoms with van der Waals surface area (Å²) >= 11 is 1.53.